The van der Waals surface area contributed by atoms with E-state index >= 15 is 0 Å². The number of para-hydroxylation sites is 1. The molecule has 2 atom stereocenters. The van der Waals surface area contributed by atoms with Crippen LogP contribution in [0.15, 0.2) is 115 Å². The van der Waals surface area contributed by atoms with Gasteiger partial charge in [0.1, 0.15) is 24.3 Å². The Bertz CT molecular complexity index is 2150. The van der Waals surface area contributed by atoms with Crippen LogP contribution in [0.25, 0.3) is 10.9 Å². The summed E-state index contributed by atoms with van der Waals surface area (Å²) in [7, 11) is -3.92. The van der Waals surface area contributed by atoms with Crippen LogP contribution in [-0.2, 0) is 42.1 Å². The van der Waals surface area contributed by atoms with Crippen LogP contribution in [0.2, 0.25) is 0 Å². The number of esters is 1. The number of carbonyl (C=O) groups excluding carboxylic acids is 4. The van der Waals surface area contributed by atoms with E-state index in [2.05, 4.69) is 20.9 Å². The standard InChI is InChI=1S/C41H48N6O8S/c1-29-17-19-32(20-18-29)56(52,53)47-24-22-46(23-25-47)39(50)45-36(26-31-27-43-34-15-9-8-14-33(31)34)37(48)44-35(38(49)55-41(2,3)4)16-10-11-21-42-40(51)54-28-30-12-6-5-7-13-30/h5-9,12-15,17-20,22-25,27,35-36,43H,10-11,16,21,26,28H2,1-4H3,(H,42,51)(H,44,48)(H,45,50). The monoisotopic (exact) mass is 784 g/mol. The Morgan fingerprint density at radius 2 is 1.50 bits per heavy atom. The molecule has 4 amide bonds. The van der Waals surface area contributed by atoms with Gasteiger partial charge in [-0.05, 0) is 76.3 Å². The normalized spacial score (nSPS) is 13.9. The Kier molecular flexibility index (Phi) is 13.6. The first kappa shape index (κ1) is 41.1. The first-order valence-corrected chi connectivity index (χ1v) is 19.7. The molecule has 0 fully saturated rings. The molecule has 4 N–H and O–H groups in total. The van der Waals surface area contributed by atoms with E-state index < -0.39 is 51.7 Å². The summed E-state index contributed by atoms with van der Waals surface area (Å²) in [5.74, 6) is -1.27. The van der Waals surface area contributed by atoms with Gasteiger partial charge in [-0.15, -0.1) is 0 Å². The van der Waals surface area contributed by atoms with E-state index in [0.29, 0.717) is 12.8 Å². The number of aromatic amines is 1. The van der Waals surface area contributed by atoms with Gasteiger partial charge >= 0.3 is 18.1 Å². The molecule has 0 spiro atoms. The second kappa shape index (κ2) is 18.5. The van der Waals surface area contributed by atoms with Crippen molar-refractivity contribution in [2.45, 2.75) is 82.6 Å². The highest BCUT2D eigenvalue weighted by molar-refractivity contribution is 7.89. The number of amides is 4. The molecule has 2 unspecified atom stereocenters. The molecule has 5 rings (SSSR count). The lowest BCUT2D eigenvalue weighted by molar-refractivity contribution is -0.159. The lowest BCUT2D eigenvalue weighted by Gasteiger charge is -2.28. The van der Waals surface area contributed by atoms with Gasteiger partial charge in [0.25, 0.3) is 10.0 Å². The van der Waals surface area contributed by atoms with Gasteiger partial charge in [-0.3, -0.25) is 9.69 Å². The number of H-pyrrole nitrogens is 1. The van der Waals surface area contributed by atoms with Gasteiger partial charge < -0.3 is 30.4 Å². The van der Waals surface area contributed by atoms with E-state index in [-0.39, 0.29) is 30.9 Å². The molecule has 4 aromatic rings. The molecular formula is C41H48N6O8S. The first-order chi connectivity index (χ1) is 26.7. The molecule has 2 heterocycles. The van der Waals surface area contributed by atoms with E-state index in [1.54, 1.807) is 39.1 Å². The highest BCUT2D eigenvalue weighted by Gasteiger charge is 2.32. The lowest BCUT2D eigenvalue weighted by atomic mass is 10.0. The van der Waals surface area contributed by atoms with Crippen molar-refractivity contribution in [3.8, 4) is 0 Å². The van der Waals surface area contributed by atoms with Gasteiger partial charge in [-0.2, -0.15) is 0 Å². The molecule has 15 heteroatoms. The number of benzene rings is 3. The maximum Gasteiger partial charge on any atom is 0.407 e. The number of alkyl carbamates (subject to hydrolysis) is 1. The number of aromatic nitrogens is 1. The molecular weight excluding hydrogens is 737 g/mol. The summed E-state index contributed by atoms with van der Waals surface area (Å²) >= 11 is 0. The number of sulfonamides is 1. The maximum atomic E-state index is 14.1. The minimum absolute atomic E-state index is 0.0623. The quantitative estimate of drug-likeness (QED) is 0.0842. The number of hydrogen-bond acceptors (Lipinski definition) is 8. The predicted molar refractivity (Wildman–Crippen MR) is 211 cm³/mol. The molecule has 1 aliphatic heterocycles. The van der Waals surface area contributed by atoms with Crippen LogP contribution in [0.5, 0.6) is 0 Å². The van der Waals surface area contributed by atoms with Crippen LogP contribution in [-0.4, -0.2) is 70.8 Å². The Morgan fingerprint density at radius 1 is 0.821 bits per heavy atom. The summed E-state index contributed by atoms with van der Waals surface area (Å²) in [5, 5.41) is 9.12. The zero-order chi connectivity index (χ0) is 40.3. The number of rotatable bonds is 15. The summed E-state index contributed by atoms with van der Waals surface area (Å²) < 4.78 is 38.2. The van der Waals surface area contributed by atoms with Gasteiger partial charge in [-0.25, -0.2) is 27.1 Å². The zero-order valence-corrected chi connectivity index (χ0v) is 32.7. The number of aryl methyl sites for hydroxylation is 1. The Balaban J connectivity index is 1.25. The van der Waals surface area contributed by atoms with E-state index in [0.717, 1.165) is 36.8 Å². The van der Waals surface area contributed by atoms with Crippen LogP contribution in [0, 0.1) is 6.92 Å². The van der Waals surface area contributed by atoms with Gasteiger partial charge in [0.15, 0.2) is 0 Å². The van der Waals surface area contributed by atoms with Crippen LogP contribution in [0.3, 0.4) is 0 Å². The summed E-state index contributed by atoms with van der Waals surface area (Å²) in [5.41, 5.74) is 2.52. The minimum Gasteiger partial charge on any atom is -0.458 e. The van der Waals surface area contributed by atoms with E-state index in [1.807, 2.05) is 61.5 Å². The average Bonchev–Trinajstić information content (AvgIpc) is 3.58. The van der Waals surface area contributed by atoms with Gasteiger partial charge in [0.2, 0.25) is 5.91 Å². The first-order valence-electron chi connectivity index (χ1n) is 18.3. The van der Waals surface area contributed by atoms with Crippen molar-refractivity contribution in [1.82, 2.24) is 30.1 Å². The van der Waals surface area contributed by atoms with Crippen molar-refractivity contribution in [2.24, 2.45) is 0 Å². The summed E-state index contributed by atoms with van der Waals surface area (Å²) in [6, 6.07) is 20.3. The van der Waals surface area contributed by atoms with E-state index in [9.17, 15) is 27.6 Å². The van der Waals surface area contributed by atoms with Crippen molar-refractivity contribution in [3.05, 3.63) is 127 Å². The molecule has 296 valence electrons. The number of hydrogen-bond donors (Lipinski definition) is 4. The van der Waals surface area contributed by atoms with E-state index in [4.69, 9.17) is 9.47 Å². The number of carbonyl (C=O) groups is 4. The fourth-order valence-electron chi connectivity index (χ4n) is 5.79. The van der Waals surface area contributed by atoms with Crippen molar-refractivity contribution < 1.29 is 37.1 Å². The topological polar surface area (TPSA) is 179 Å². The molecule has 3 aromatic carbocycles. The lowest BCUT2D eigenvalue weighted by Crippen LogP contribution is -2.54. The zero-order valence-electron chi connectivity index (χ0n) is 31.9. The fraction of sp³-hybridized carbons (Fsp3) is 0.317. The third kappa shape index (κ3) is 11.5. The second-order valence-electron chi connectivity index (χ2n) is 14.3. The molecule has 0 bridgehead atoms. The average molecular weight is 785 g/mol. The van der Waals surface area contributed by atoms with Crippen molar-refractivity contribution in [2.75, 3.05) is 6.54 Å². The Hall–Kier alpha value is -6.09. The third-order valence-corrected chi connectivity index (χ3v) is 10.4. The molecule has 1 aliphatic rings. The summed E-state index contributed by atoms with van der Waals surface area (Å²) in [4.78, 5) is 57.7. The van der Waals surface area contributed by atoms with Crippen LogP contribution < -0.4 is 16.0 Å². The Morgan fingerprint density at radius 3 is 2.20 bits per heavy atom. The molecule has 56 heavy (non-hydrogen) atoms. The predicted octanol–water partition coefficient (Wildman–Crippen LogP) is 5.97. The molecule has 0 saturated heterocycles. The largest absolute Gasteiger partial charge is 0.458 e. The highest BCUT2D eigenvalue weighted by atomic mass is 32.2. The molecule has 0 aliphatic carbocycles. The SMILES string of the molecule is Cc1ccc(S(=O)(=O)N2C=CN(C(=O)NC(Cc3c[nH]c4ccccc34)C(=O)NC(CCCCNC(=O)OCc3ccccc3)C(=O)OC(C)(C)C)C=C2)cc1. The summed E-state index contributed by atoms with van der Waals surface area (Å²) in [6.45, 7) is 7.44. The van der Waals surface area contributed by atoms with Crippen LogP contribution >= 0.6 is 0 Å². The van der Waals surface area contributed by atoms with Crippen LogP contribution in [0.4, 0.5) is 9.59 Å². The number of ether oxygens (including phenoxy) is 2. The third-order valence-electron chi connectivity index (χ3n) is 8.70. The number of nitrogens with one attached hydrogen (secondary N) is 4. The molecule has 14 nitrogen and oxygen atoms in total. The summed E-state index contributed by atoms with van der Waals surface area (Å²) in [6.07, 6.45) is 7.39. The number of fused-ring (bicyclic) bond motifs is 1. The van der Waals surface area contributed by atoms with Gasteiger partial charge in [0, 0.05) is 54.9 Å². The fourth-order valence-corrected chi connectivity index (χ4v) is 6.94. The molecule has 1 aromatic heterocycles. The van der Waals surface area contributed by atoms with E-state index in [1.165, 1.54) is 36.9 Å². The number of nitrogens with zero attached hydrogens (tertiary/aromatic N) is 2. The van der Waals surface area contributed by atoms with Crippen molar-refractivity contribution >= 4 is 44.9 Å². The van der Waals surface area contributed by atoms with Crippen molar-refractivity contribution in [1.29, 1.82) is 0 Å². The maximum absolute atomic E-state index is 14.1. The molecule has 0 radical (unpaired) electrons. The number of unbranched alkanes of at least 4 members (excludes halogenated alkanes) is 1. The number of urea groups is 1. The smallest absolute Gasteiger partial charge is 0.407 e. The minimum atomic E-state index is -3.92. The molecule has 0 saturated carbocycles. The Labute approximate surface area is 327 Å². The second-order valence-corrected chi connectivity index (χ2v) is 16.1. The van der Waals surface area contributed by atoms with Gasteiger partial charge in [-0.1, -0.05) is 66.2 Å². The highest BCUT2D eigenvalue weighted by Crippen LogP contribution is 2.22. The van der Waals surface area contributed by atoms with Gasteiger partial charge in [0.05, 0.1) is 4.90 Å². The van der Waals surface area contributed by atoms with Crippen molar-refractivity contribution in [3.63, 3.8) is 0 Å². The van der Waals surface area contributed by atoms with Crippen LogP contribution in [0.1, 0.15) is 56.7 Å².